The Morgan fingerprint density at radius 2 is 1.65 bits per heavy atom. The number of likely N-dealkylation sites (N-methyl/N-ethyl adjacent to an activating group) is 1. The number of unbranched alkanes of at least 4 members (excludes halogenated alkanes) is 2. The molecule has 2 heterocycles. The second-order valence-electron chi connectivity index (χ2n) is 16.8. The smallest absolute Gasteiger partial charge is 0.414 e. The molecule has 0 spiro atoms. The van der Waals surface area contributed by atoms with Crippen molar-refractivity contribution in [2.24, 2.45) is 0 Å². The zero-order valence-electron chi connectivity index (χ0n) is 34.7. The second-order valence-corrected chi connectivity index (χ2v) is 19.2. The third kappa shape index (κ3) is 10.5. The lowest BCUT2D eigenvalue weighted by Gasteiger charge is -2.29. The standard InChI is InChI=1S/C44H59N3O8S2/c1-9-45(41(48)53-42(2,3)4)40-32(24-26-38-43(5,6)34-18-10-12-20-36(34)46(38)28-14-16-30-56-55-54-49)22-23-33(40)25-27-39-44(7,8)35-19-11-13-21-37(35)47(39)29-15-17-31-57(50,51)52/h10-13,18-21,24-27H,9,14-17,22-23,28-31H2,1-8H3,(H-,49,50,51,52)/p+1. The molecule has 0 atom stereocenters. The number of nitrogens with zero attached hydrogens (tertiary/aromatic N) is 3. The minimum Gasteiger partial charge on any atom is -0.443 e. The number of carbonyl (C=O) groups excluding carboxylic acids is 1. The third-order valence-corrected chi connectivity index (χ3v) is 12.3. The monoisotopic (exact) mass is 822 g/mol. The number of hydrogen-bond donors (Lipinski definition) is 2. The van der Waals surface area contributed by atoms with Gasteiger partial charge in [-0.3, -0.25) is 9.45 Å². The van der Waals surface area contributed by atoms with Crippen molar-refractivity contribution in [1.29, 1.82) is 0 Å². The highest BCUT2D eigenvalue weighted by molar-refractivity contribution is 7.94. The van der Waals surface area contributed by atoms with Gasteiger partial charge in [0.05, 0.1) is 16.9 Å². The van der Waals surface area contributed by atoms with Crippen LogP contribution in [0, 0.1) is 0 Å². The molecular formula is C44H60N3O8S2+. The summed E-state index contributed by atoms with van der Waals surface area (Å²) in [6, 6.07) is 16.8. The Hall–Kier alpha value is -3.72. The van der Waals surface area contributed by atoms with Gasteiger partial charge < -0.3 is 9.64 Å². The highest BCUT2D eigenvalue weighted by Gasteiger charge is 2.44. The van der Waals surface area contributed by atoms with Gasteiger partial charge in [-0.15, -0.1) is 4.33 Å². The Balaban J connectivity index is 1.57. The molecule has 2 aromatic carbocycles. The summed E-state index contributed by atoms with van der Waals surface area (Å²) in [7, 11) is -4.04. The van der Waals surface area contributed by atoms with Crippen LogP contribution in [-0.2, 0) is 35.1 Å². The van der Waals surface area contributed by atoms with Crippen LogP contribution in [0.25, 0.3) is 0 Å². The SMILES string of the molecule is CCN(C(=O)OC(C)(C)C)C1=C(C=CC2=[N+](CCCCS(=O)(=O)O)c3ccccc3C2(C)C)CCC1=CC=C1N(CCCCSOOO)c2ccccc2C1(C)C. The molecule has 0 fully saturated rings. The Morgan fingerprint density at radius 3 is 2.33 bits per heavy atom. The van der Waals surface area contributed by atoms with E-state index in [1.165, 1.54) is 22.5 Å². The molecule has 0 saturated carbocycles. The van der Waals surface area contributed by atoms with E-state index in [-0.39, 0.29) is 16.6 Å². The summed E-state index contributed by atoms with van der Waals surface area (Å²) >= 11 is 1.07. The number of hydrogen-bond acceptors (Lipinski definition) is 9. The number of anilines is 1. The Labute approximate surface area is 343 Å². The van der Waals surface area contributed by atoms with Gasteiger partial charge in [0.1, 0.15) is 12.1 Å². The van der Waals surface area contributed by atoms with Crippen molar-refractivity contribution in [3.05, 3.63) is 107 Å². The third-order valence-electron chi connectivity index (χ3n) is 10.9. The van der Waals surface area contributed by atoms with E-state index in [1.54, 1.807) is 4.90 Å². The molecule has 0 bridgehead atoms. The van der Waals surface area contributed by atoms with E-state index in [1.807, 2.05) is 39.8 Å². The molecule has 0 aromatic heterocycles. The van der Waals surface area contributed by atoms with E-state index in [2.05, 4.69) is 107 Å². The van der Waals surface area contributed by atoms with E-state index in [4.69, 9.17) is 9.99 Å². The van der Waals surface area contributed by atoms with Crippen molar-refractivity contribution in [2.45, 2.75) is 110 Å². The lowest BCUT2D eigenvalue weighted by atomic mass is 9.81. The molecule has 310 valence electrons. The lowest BCUT2D eigenvalue weighted by Crippen LogP contribution is -2.36. The fourth-order valence-corrected chi connectivity index (χ4v) is 9.24. The number of rotatable bonds is 17. The van der Waals surface area contributed by atoms with Gasteiger partial charge in [-0.2, -0.15) is 13.0 Å². The molecule has 0 saturated heterocycles. The summed E-state index contributed by atoms with van der Waals surface area (Å²) in [5.74, 6) is 0.408. The van der Waals surface area contributed by atoms with Crippen molar-refractivity contribution < 1.29 is 41.7 Å². The van der Waals surface area contributed by atoms with Crippen LogP contribution in [0.15, 0.2) is 95.4 Å². The summed E-state index contributed by atoms with van der Waals surface area (Å²) in [5, 5.41) is 12.2. The maximum atomic E-state index is 13.9. The Kier molecular flexibility index (Phi) is 14.4. The molecule has 2 aromatic rings. The number of carbonyl (C=O) groups is 1. The fraction of sp³-hybridized carbons (Fsp3) is 0.500. The van der Waals surface area contributed by atoms with Crippen LogP contribution in [0.4, 0.5) is 16.2 Å². The van der Waals surface area contributed by atoms with Crippen molar-refractivity contribution in [3.8, 4) is 0 Å². The molecule has 11 nitrogen and oxygen atoms in total. The summed E-state index contributed by atoms with van der Waals surface area (Å²) in [5.41, 5.74) is 8.65. The lowest BCUT2D eigenvalue weighted by molar-refractivity contribution is -0.438. The Bertz CT molecular complexity index is 2060. The summed E-state index contributed by atoms with van der Waals surface area (Å²) < 4.78 is 45.1. The van der Waals surface area contributed by atoms with E-state index in [9.17, 15) is 17.8 Å². The number of ether oxygens (including phenoxy) is 1. The zero-order valence-corrected chi connectivity index (χ0v) is 36.3. The van der Waals surface area contributed by atoms with Gasteiger partial charge in [0.2, 0.25) is 5.69 Å². The van der Waals surface area contributed by atoms with Gasteiger partial charge in [-0.25, -0.2) is 10.1 Å². The van der Waals surface area contributed by atoms with Crippen molar-refractivity contribution in [3.63, 3.8) is 0 Å². The summed E-state index contributed by atoms with van der Waals surface area (Å²) in [6.45, 7) is 18.3. The molecule has 3 aliphatic rings. The van der Waals surface area contributed by atoms with Gasteiger partial charge in [-0.1, -0.05) is 67.4 Å². The highest BCUT2D eigenvalue weighted by atomic mass is 32.2. The second kappa shape index (κ2) is 18.5. The zero-order chi connectivity index (χ0) is 41.6. The van der Waals surface area contributed by atoms with Gasteiger partial charge in [0.15, 0.2) is 5.71 Å². The van der Waals surface area contributed by atoms with Gasteiger partial charge in [0, 0.05) is 71.8 Å². The normalized spacial score (nSPS) is 19.0. The molecule has 57 heavy (non-hydrogen) atoms. The first-order chi connectivity index (χ1) is 26.9. The maximum absolute atomic E-state index is 13.9. The number of benzene rings is 2. The molecule has 13 heteroatoms. The Morgan fingerprint density at radius 1 is 0.947 bits per heavy atom. The topological polar surface area (TPSA) is 129 Å². The molecule has 1 aliphatic carbocycles. The van der Waals surface area contributed by atoms with Crippen LogP contribution < -0.4 is 4.90 Å². The van der Waals surface area contributed by atoms with E-state index in [0.717, 1.165) is 72.5 Å². The average Bonchev–Trinajstić information content (AvgIpc) is 3.70. The summed E-state index contributed by atoms with van der Waals surface area (Å²) in [6.07, 6.45) is 12.5. The average molecular weight is 823 g/mol. The van der Waals surface area contributed by atoms with E-state index < -0.39 is 21.8 Å². The quantitative estimate of drug-likeness (QED) is 0.0397. The molecular weight excluding hydrogens is 763 g/mol. The molecule has 0 radical (unpaired) electrons. The maximum Gasteiger partial charge on any atom is 0.414 e. The number of fused-ring (bicyclic) bond motifs is 2. The van der Waals surface area contributed by atoms with Crippen LogP contribution >= 0.6 is 12.0 Å². The summed E-state index contributed by atoms with van der Waals surface area (Å²) in [4.78, 5) is 18.1. The fourth-order valence-electron chi connectivity index (χ4n) is 8.24. The van der Waals surface area contributed by atoms with Crippen LogP contribution in [0.3, 0.4) is 0 Å². The van der Waals surface area contributed by atoms with Crippen LogP contribution in [-0.4, -0.2) is 76.2 Å². The van der Waals surface area contributed by atoms with Crippen molar-refractivity contribution in [2.75, 3.05) is 36.0 Å². The van der Waals surface area contributed by atoms with Crippen LogP contribution in [0.5, 0.6) is 0 Å². The van der Waals surface area contributed by atoms with Gasteiger partial charge in [-0.05, 0) is 102 Å². The predicted octanol–water partition coefficient (Wildman–Crippen LogP) is 10.0. The van der Waals surface area contributed by atoms with E-state index >= 15 is 0 Å². The highest BCUT2D eigenvalue weighted by Crippen LogP contribution is 2.48. The molecule has 2 N–H and O–H groups in total. The van der Waals surface area contributed by atoms with Crippen LogP contribution in [0.2, 0.25) is 0 Å². The molecule has 2 aliphatic heterocycles. The molecule has 1 amide bonds. The minimum atomic E-state index is -4.04. The van der Waals surface area contributed by atoms with Gasteiger partial charge >= 0.3 is 6.09 Å². The number of allylic oxidation sites excluding steroid dienone is 7. The molecule has 0 unspecified atom stereocenters. The predicted molar refractivity (Wildman–Crippen MR) is 228 cm³/mol. The largest absolute Gasteiger partial charge is 0.443 e. The number of para-hydroxylation sites is 2. The van der Waals surface area contributed by atoms with E-state index in [0.29, 0.717) is 31.7 Å². The van der Waals surface area contributed by atoms with Gasteiger partial charge in [0.25, 0.3) is 10.1 Å². The first-order valence-corrected chi connectivity index (χ1v) is 22.4. The minimum absolute atomic E-state index is 0.262. The first-order valence-electron chi connectivity index (χ1n) is 19.9. The van der Waals surface area contributed by atoms with Crippen molar-refractivity contribution >= 4 is 45.3 Å². The molecule has 5 rings (SSSR count). The number of amides is 1. The first kappa shape index (κ1) is 44.4. The van der Waals surface area contributed by atoms with Crippen LogP contribution in [0.1, 0.15) is 105 Å². The van der Waals surface area contributed by atoms with Crippen molar-refractivity contribution in [1.82, 2.24) is 4.90 Å².